The first kappa shape index (κ1) is 43.6. The van der Waals surface area contributed by atoms with E-state index in [4.69, 9.17) is 69.6 Å². The van der Waals surface area contributed by atoms with Crippen molar-refractivity contribution in [2.75, 3.05) is 21.3 Å². The lowest BCUT2D eigenvalue weighted by atomic mass is 10.2. The van der Waals surface area contributed by atoms with Gasteiger partial charge >= 0.3 is 0 Å². The van der Waals surface area contributed by atoms with E-state index in [2.05, 4.69) is 68.9 Å². The SMILES string of the molecule is CC(C)Nc1cc(Cl)c(Cl)cn1.CC(C)Nc1ncc(Cl)cc1Cl.Cc1cc(Cl)cnc1NC(C)C.Cc1cc(NC(C)C)ncc1Cl. The van der Waals surface area contributed by atoms with E-state index in [1.54, 1.807) is 30.7 Å². The zero-order valence-corrected chi connectivity index (χ0v) is 33.5. The van der Waals surface area contributed by atoms with Gasteiger partial charge in [0, 0.05) is 55.0 Å². The third kappa shape index (κ3) is 18.3. The predicted molar refractivity (Wildman–Crippen MR) is 212 cm³/mol. The molecule has 264 valence electrons. The van der Waals surface area contributed by atoms with Gasteiger partial charge in [-0.2, -0.15) is 0 Å². The minimum atomic E-state index is 0.316. The van der Waals surface area contributed by atoms with Crippen molar-refractivity contribution in [2.45, 2.75) is 93.4 Å². The average molecular weight is 780 g/mol. The molecule has 0 atom stereocenters. The number of rotatable bonds is 8. The van der Waals surface area contributed by atoms with Crippen LogP contribution in [0.1, 0.15) is 66.5 Å². The number of hydrogen-bond acceptors (Lipinski definition) is 8. The Labute approximate surface area is 316 Å². The summed E-state index contributed by atoms with van der Waals surface area (Å²) < 4.78 is 0. The molecular weight excluding hydrogens is 733 g/mol. The van der Waals surface area contributed by atoms with Crippen LogP contribution in [0.3, 0.4) is 0 Å². The number of anilines is 4. The Hall–Kier alpha value is -2.46. The number of aromatic nitrogens is 4. The number of halogens is 6. The zero-order valence-electron chi connectivity index (χ0n) is 29.0. The van der Waals surface area contributed by atoms with E-state index in [1.807, 2.05) is 53.7 Å². The molecule has 0 fully saturated rings. The van der Waals surface area contributed by atoms with E-state index >= 15 is 0 Å². The number of pyridine rings is 4. The number of nitrogens with zero attached hydrogens (tertiary/aromatic N) is 4. The molecule has 0 aliphatic heterocycles. The smallest absolute Gasteiger partial charge is 0.145 e. The summed E-state index contributed by atoms with van der Waals surface area (Å²) in [5.41, 5.74) is 2.13. The van der Waals surface area contributed by atoms with E-state index in [9.17, 15) is 0 Å². The minimum Gasteiger partial charge on any atom is -0.368 e. The Balaban J connectivity index is 0.000000320. The summed E-state index contributed by atoms with van der Waals surface area (Å²) >= 11 is 34.6. The normalized spacial score (nSPS) is 10.4. The second-order valence-electron chi connectivity index (χ2n) is 11.8. The quantitative estimate of drug-likeness (QED) is 0.140. The van der Waals surface area contributed by atoms with Crippen molar-refractivity contribution in [3.8, 4) is 0 Å². The number of nitrogens with one attached hydrogen (secondary N) is 4. The van der Waals surface area contributed by atoms with Gasteiger partial charge in [-0.3, -0.25) is 0 Å². The van der Waals surface area contributed by atoms with Crippen molar-refractivity contribution >= 4 is 92.9 Å². The van der Waals surface area contributed by atoms with Gasteiger partial charge in [0.25, 0.3) is 0 Å². The molecule has 0 saturated heterocycles. The zero-order chi connectivity index (χ0) is 36.6. The molecule has 0 spiro atoms. The van der Waals surface area contributed by atoms with Gasteiger partial charge in [-0.25, -0.2) is 19.9 Å². The van der Waals surface area contributed by atoms with Gasteiger partial charge in [0.1, 0.15) is 23.3 Å². The maximum atomic E-state index is 5.86. The van der Waals surface area contributed by atoms with Gasteiger partial charge < -0.3 is 21.3 Å². The standard InChI is InChI=1S/2C9H13ClN2.2C8H10Cl2N2/c1-6(2)12-9-4-7(3)8(10)5-11-9;1-6(2)12-9-7(3)4-8(10)5-11-9;1-5(2)12-8-3-6(9)7(10)4-11-8;1-5(2)12-8-7(10)3-6(9)4-11-8/h2*4-6H,1-3H3,(H,11,12);2*3-5H,1-2H3,(H,11,12). The fourth-order valence-corrected chi connectivity index (χ4v) is 4.47. The maximum Gasteiger partial charge on any atom is 0.145 e. The molecule has 48 heavy (non-hydrogen) atoms. The first-order chi connectivity index (χ1) is 22.4. The van der Waals surface area contributed by atoms with E-state index < -0.39 is 0 Å². The van der Waals surface area contributed by atoms with Crippen LogP contribution >= 0.6 is 69.6 Å². The second-order valence-corrected chi connectivity index (χ2v) is 14.3. The second kappa shape index (κ2) is 22.3. The van der Waals surface area contributed by atoms with Crippen LogP contribution < -0.4 is 21.3 Å². The van der Waals surface area contributed by atoms with Gasteiger partial charge in [-0.05, 0) is 98.6 Å². The van der Waals surface area contributed by atoms with Crippen LogP contribution in [-0.2, 0) is 0 Å². The van der Waals surface area contributed by atoms with Crippen molar-refractivity contribution in [1.29, 1.82) is 0 Å². The first-order valence-electron chi connectivity index (χ1n) is 15.3. The molecule has 0 aliphatic rings. The van der Waals surface area contributed by atoms with Crippen molar-refractivity contribution in [3.05, 3.63) is 90.3 Å². The molecule has 4 rings (SSSR count). The third-order valence-electron chi connectivity index (χ3n) is 5.43. The molecular formula is C34H46Cl6N8. The monoisotopic (exact) mass is 776 g/mol. The molecule has 4 N–H and O–H groups in total. The Kier molecular flexibility index (Phi) is 20.2. The number of aryl methyl sites for hydroxylation is 2. The molecule has 0 aliphatic carbocycles. The van der Waals surface area contributed by atoms with Crippen LogP contribution in [0.2, 0.25) is 30.1 Å². The molecule has 0 unspecified atom stereocenters. The lowest BCUT2D eigenvalue weighted by Gasteiger charge is -2.10. The van der Waals surface area contributed by atoms with Crippen LogP contribution in [0.5, 0.6) is 0 Å². The van der Waals surface area contributed by atoms with Crippen molar-refractivity contribution in [1.82, 2.24) is 19.9 Å². The van der Waals surface area contributed by atoms with E-state index in [0.717, 1.165) is 28.6 Å². The summed E-state index contributed by atoms with van der Waals surface area (Å²) in [5.74, 6) is 3.22. The first-order valence-corrected chi connectivity index (χ1v) is 17.6. The fourth-order valence-electron chi connectivity index (χ4n) is 3.46. The summed E-state index contributed by atoms with van der Waals surface area (Å²) in [4.78, 5) is 16.4. The highest BCUT2D eigenvalue weighted by Gasteiger charge is 2.04. The molecule has 0 saturated carbocycles. The topological polar surface area (TPSA) is 99.7 Å². The molecule has 4 aromatic rings. The van der Waals surface area contributed by atoms with Crippen molar-refractivity contribution in [3.63, 3.8) is 0 Å². The highest BCUT2D eigenvalue weighted by molar-refractivity contribution is 6.42. The van der Waals surface area contributed by atoms with Crippen LogP contribution in [0.25, 0.3) is 0 Å². The molecule has 4 heterocycles. The number of hydrogen-bond donors (Lipinski definition) is 4. The third-order valence-corrected chi connectivity index (χ3v) is 7.24. The van der Waals surface area contributed by atoms with E-state index in [0.29, 0.717) is 60.1 Å². The lowest BCUT2D eigenvalue weighted by Crippen LogP contribution is -2.11. The summed E-state index contributed by atoms with van der Waals surface area (Å²) in [6.07, 6.45) is 6.42. The van der Waals surface area contributed by atoms with Crippen molar-refractivity contribution < 1.29 is 0 Å². The van der Waals surface area contributed by atoms with Gasteiger partial charge in [0.05, 0.1) is 30.1 Å². The predicted octanol–water partition coefficient (Wildman–Crippen LogP) is 12.1. The van der Waals surface area contributed by atoms with Crippen LogP contribution in [0.15, 0.2) is 49.1 Å². The Morgan fingerprint density at radius 1 is 0.417 bits per heavy atom. The Morgan fingerprint density at radius 3 is 1.29 bits per heavy atom. The highest BCUT2D eigenvalue weighted by Crippen LogP contribution is 2.24. The summed E-state index contributed by atoms with van der Waals surface area (Å²) in [5, 5.41) is 16.1. The fraction of sp³-hybridized carbons (Fsp3) is 0.412. The molecule has 0 aromatic carbocycles. The molecule has 0 radical (unpaired) electrons. The maximum absolute atomic E-state index is 5.86. The Morgan fingerprint density at radius 2 is 0.854 bits per heavy atom. The molecule has 0 bridgehead atoms. The minimum absolute atomic E-state index is 0.316. The molecule has 14 heteroatoms. The largest absolute Gasteiger partial charge is 0.368 e. The molecule has 0 amide bonds. The Bertz CT molecular complexity index is 1440. The van der Waals surface area contributed by atoms with E-state index in [1.165, 1.54) is 6.20 Å². The molecule has 8 nitrogen and oxygen atoms in total. The summed E-state index contributed by atoms with van der Waals surface area (Å²) in [6.45, 7) is 20.4. The van der Waals surface area contributed by atoms with E-state index in [-0.39, 0.29) is 0 Å². The van der Waals surface area contributed by atoms with Crippen LogP contribution in [0, 0.1) is 13.8 Å². The molecule has 4 aromatic heterocycles. The summed E-state index contributed by atoms with van der Waals surface area (Å²) in [6, 6.07) is 8.69. The van der Waals surface area contributed by atoms with Crippen LogP contribution in [0.4, 0.5) is 23.3 Å². The van der Waals surface area contributed by atoms with Crippen molar-refractivity contribution in [2.24, 2.45) is 0 Å². The summed E-state index contributed by atoms with van der Waals surface area (Å²) in [7, 11) is 0. The average Bonchev–Trinajstić information content (AvgIpc) is 2.96. The van der Waals surface area contributed by atoms with Crippen LogP contribution in [-0.4, -0.2) is 44.1 Å². The van der Waals surface area contributed by atoms with Gasteiger partial charge in [-0.15, -0.1) is 0 Å². The van der Waals surface area contributed by atoms with Gasteiger partial charge in [0.2, 0.25) is 0 Å². The highest BCUT2D eigenvalue weighted by atomic mass is 35.5. The lowest BCUT2D eigenvalue weighted by molar-refractivity contribution is 0.886. The van der Waals surface area contributed by atoms with Gasteiger partial charge in [-0.1, -0.05) is 69.6 Å². The van der Waals surface area contributed by atoms with Gasteiger partial charge in [0.15, 0.2) is 0 Å².